The maximum Gasteiger partial charge on any atom is 0.320 e. The van der Waals surface area contributed by atoms with Crippen LogP contribution in [-0.2, 0) is 9.59 Å². The number of rotatable bonds is 10. The van der Waals surface area contributed by atoms with Crippen molar-refractivity contribution in [2.45, 2.75) is 37.8 Å². The number of nitrogens with two attached hydrogens (primary N) is 4. The molecule has 2 atom stereocenters. The Bertz CT molecular complexity index is 386. The van der Waals surface area contributed by atoms with E-state index in [0.717, 1.165) is 0 Å². The van der Waals surface area contributed by atoms with Crippen molar-refractivity contribution in [2.24, 2.45) is 22.9 Å². The van der Waals surface area contributed by atoms with Crippen molar-refractivity contribution in [3.8, 4) is 0 Å². The molecule has 148 valence electrons. The molecule has 0 aromatic heterocycles. The average Bonchev–Trinajstić information content (AvgIpc) is 2.47. The van der Waals surface area contributed by atoms with Crippen molar-refractivity contribution in [2.75, 3.05) is 13.1 Å². The van der Waals surface area contributed by atoms with Crippen LogP contribution in [0.3, 0.4) is 0 Å². The molecule has 0 aliphatic rings. The second-order valence-electron chi connectivity index (χ2n) is 4.85. The van der Waals surface area contributed by atoms with Crippen LogP contribution in [0.15, 0.2) is 0 Å². The Hall–Kier alpha value is -2.31. The third-order valence-electron chi connectivity index (χ3n) is 2.65. The molecule has 0 amide bonds. The zero-order valence-corrected chi connectivity index (χ0v) is 14.6. The highest BCUT2D eigenvalue weighted by Gasteiger charge is 2.10. The number of nitrogens with one attached hydrogen (secondary N) is 4. The summed E-state index contributed by atoms with van der Waals surface area (Å²) in [4.78, 5) is 20.4. The van der Waals surface area contributed by atoms with Crippen LogP contribution in [0.4, 0.5) is 0 Å². The van der Waals surface area contributed by atoms with Gasteiger partial charge in [0.05, 0.1) is 0 Å². The molecule has 12 nitrogen and oxygen atoms in total. The van der Waals surface area contributed by atoms with Crippen LogP contribution in [-0.4, -0.2) is 59.2 Å². The van der Waals surface area contributed by atoms with Gasteiger partial charge in [0, 0.05) is 13.1 Å². The van der Waals surface area contributed by atoms with Crippen molar-refractivity contribution >= 4 is 36.3 Å². The van der Waals surface area contributed by atoms with Crippen molar-refractivity contribution in [3.05, 3.63) is 0 Å². The molecule has 0 heterocycles. The minimum Gasteiger partial charge on any atom is -0.480 e. The number of carboxylic acids is 2. The first-order valence-corrected chi connectivity index (χ1v) is 7.20. The summed E-state index contributed by atoms with van der Waals surface area (Å²) in [5.74, 6) is -2.23. The summed E-state index contributed by atoms with van der Waals surface area (Å²) in [6.45, 7) is 0.965. The van der Waals surface area contributed by atoms with Gasteiger partial charge in [0.15, 0.2) is 11.9 Å². The summed E-state index contributed by atoms with van der Waals surface area (Å²) in [5.41, 5.74) is 20.4. The molecular formula is C12H29ClN8O4. The molecule has 13 heteroatoms. The summed E-state index contributed by atoms with van der Waals surface area (Å²) in [5, 5.41) is 35.4. The van der Waals surface area contributed by atoms with Crippen molar-refractivity contribution in [1.29, 1.82) is 10.8 Å². The Balaban J connectivity index is -0.000000372. The third kappa shape index (κ3) is 21.7. The van der Waals surface area contributed by atoms with Crippen LogP contribution in [0.2, 0.25) is 0 Å². The molecule has 25 heavy (non-hydrogen) atoms. The van der Waals surface area contributed by atoms with E-state index >= 15 is 0 Å². The lowest BCUT2D eigenvalue weighted by atomic mass is 10.2. The molecule has 0 rings (SSSR count). The fourth-order valence-electron chi connectivity index (χ4n) is 1.34. The molecule has 0 aliphatic heterocycles. The van der Waals surface area contributed by atoms with Crippen molar-refractivity contribution < 1.29 is 19.8 Å². The summed E-state index contributed by atoms with van der Waals surface area (Å²) in [6, 6.07) is -1.64. The highest BCUT2D eigenvalue weighted by molar-refractivity contribution is 5.85. The standard InChI is InChI=1S/2C6H14N4O2.ClH/c2*7-4(5(11)12)2-1-3-10-6(8)9;/h2*4H,1-3,7H2,(H,11,12)(H4,8,9,10);1H/t4-;;/m0../s1. The summed E-state index contributed by atoms with van der Waals surface area (Å²) < 4.78 is 0. The molecule has 1 unspecified atom stereocenters. The smallest absolute Gasteiger partial charge is 0.320 e. The normalized spacial score (nSPS) is 11.6. The van der Waals surface area contributed by atoms with Gasteiger partial charge in [0.25, 0.3) is 0 Å². The first-order valence-electron chi connectivity index (χ1n) is 7.20. The van der Waals surface area contributed by atoms with Gasteiger partial charge in [-0.3, -0.25) is 20.4 Å². The number of hydrogen-bond acceptors (Lipinski definition) is 6. The maximum atomic E-state index is 10.2. The number of guanidine groups is 2. The van der Waals surface area contributed by atoms with E-state index in [1.165, 1.54) is 0 Å². The predicted octanol–water partition coefficient (Wildman–Crippen LogP) is -2.26. The zero-order chi connectivity index (χ0) is 19.1. The van der Waals surface area contributed by atoms with Crippen LogP contribution < -0.4 is 33.6 Å². The number of carbonyl (C=O) groups is 2. The number of halogens is 1. The molecule has 0 saturated heterocycles. The number of hydrogen-bond donors (Lipinski definition) is 10. The van der Waals surface area contributed by atoms with E-state index < -0.39 is 24.0 Å². The van der Waals surface area contributed by atoms with E-state index in [2.05, 4.69) is 10.6 Å². The van der Waals surface area contributed by atoms with Gasteiger partial charge in [0.1, 0.15) is 12.1 Å². The lowest BCUT2D eigenvalue weighted by molar-refractivity contribution is -0.139. The molecular weight excluding hydrogens is 356 g/mol. The second-order valence-corrected chi connectivity index (χ2v) is 4.85. The fraction of sp³-hybridized carbons (Fsp3) is 0.667. The van der Waals surface area contributed by atoms with E-state index in [0.29, 0.717) is 38.8 Å². The van der Waals surface area contributed by atoms with Crippen LogP contribution >= 0.6 is 12.4 Å². The van der Waals surface area contributed by atoms with Gasteiger partial charge < -0.3 is 43.8 Å². The molecule has 0 fully saturated rings. The van der Waals surface area contributed by atoms with E-state index in [4.69, 9.17) is 44.0 Å². The highest BCUT2D eigenvalue weighted by Crippen LogP contribution is 1.93. The first kappa shape index (κ1) is 27.5. The molecule has 0 bridgehead atoms. The SMILES string of the molecule is Cl.N=C(N)NCCCC(N)C(=O)O.N=C(N)NCCC[C@H](N)C(=O)O. The molecule has 0 radical (unpaired) electrons. The predicted molar refractivity (Wildman–Crippen MR) is 96.8 cm³/mol. The van der Waals surface area contributed by atoms with Gasteiger partial charge in [-0.2, -0.15) is 0 Å². The van der Waals surface area contributed by atoms with Gasteiger partial charge in [0.2, 0.25) is 0 Å². The molecule has 0 aliphatic carbocycles. The van der Waals surface area contributed by atoms with Gasteiger partial charge >= 0.3 is 11.9 Å². The summed E-state index contributed by atoms with van der Waals surface area (Å²) >= 11 is 0. The topological polar surface area (TPSA) is 250 Å². The van der Waals surface area contributed by atoms with E-state index in [9.17, 15) is 9.59 Å². The van der Waals surface area contributed by atoms with Crippen LogP contribution in [0.25, 0.3) is 0 Å². The quantitative estimate of drug-likeness (QED) is 0.110. The summed E-state index contributed by atoms with van der Waals surface area (Å²) in [6.07, 6.45) is 1.95. The first-order chi connectivity index (χ1) is 11.1. The Morgan fingerprint density at radius 1 is 0.840 bits per heavy atom. The van der Waals surface area contributed by atoms with Crippen LogP contribution in [0.5, 0.6) is 0 Å². The van der Waals surface area contributed by atoms with Crippen LogP contribution in [0.1, 0.15) is 25.7 Å². The van der Waals surface area contributed by atoms with E-state index in [-0.39, 0.29) is 24.3 Å². The number of carboxylic acid groups (broad SMARTS) is 2. The van der Waals surface area contributed by atoms with Gasteiger partial charge in [-0.1, -0.05) is 0 Å². The Labute approximate surface area is 152 Å². The van der Waals surface area contributed by atoms with Gasteiger partial charge in [-0.15, -0.1) is 12.4 Å². The minimum absolute atomic E-state index is 0. The molecule has 0 aromatic rings. The van der Waals surface area contributed by atoms with E-state index in [1.54, 1.807) is 0 Å². The Morgan fingerprint density at radius 2 is 1.12 bits per heavy atom. The van der Waals surface area contributed by atoms with E-state index in [1.807, 2.05) is 0 Å². The zero-order valence-electron chi connectivity index (χ0n) is 13.8. The Morgan fingerprint density at radius 3 is 1.32 bits per heavy atom. The van der Waals surface area contributed by atoms with Gasteiger partial charge in [-0.25, -0.2) is 0 Å². The maximum absolute atomic E-state index is 10.2. The fourth-order valence-corrected chi connectivity index (χ4v) is 1.34. The lowest BCUT2D eigenvalue weighted by Crippen LogP contribution is -2.34. The molecule has 0 saturated carbocycles. The molecule has 14 N–H and O–H groups in total. The number of aliphatic carboxylic acids is 2. The third-order valence-corrected chi connectivity index (χ3v) is 2.65. The Kier molecular flexibility index (Phi) is 18.2. The minimum atomic E-state index is -1.00. The lowest BCUT2D eigenvalue weighted by Gasteiger charge is -2.06. The largest absolute Gasteiger partial charge is 0.480 e. The monoisotopic (exact) mass is 384 g/mol. The summed E-state index contributed by atoms with van der Waals surface area (Å²) in [7, 11) is 0. The molecule has 0 spiro atoms. The average molecular weight is 385 g/mol. The second kappa shape index (κ2) is 16.5. The van der Waals surface area contributed by atoms with Crippen molar-refractivity contribution in [1.82, 2.24) is 10.6 Å². The highest BCUT2D eigenvalue weighted by atomic mass is 35.5. The van der Waals surface area contributed by atoms with Crippen molar-refractivity contribution in [3.63, 3.8) is 0 Å². The van der Waals surface area contributed by atoms with Gasteiger partial charge in [-0.05, 0) is 25.7 Å². The molecule has 0 aromatic carbocycles. The van der Waals surface area contributed by atoms with Crippen LogP contribution in [0, 0.1) is 10.8 Å².